The van der Waals surface area contributed by atoms with Crippen LogP contribution in [0.15, 0.2) is 67.0 Å². The summed E-state index contributed by atoms with van der Waals surface area (Å²) in [6, 6.07) is 17.4. The van der Waals surface area contributed by atoms with Crippen molar-refractivity contribution in [3.8, 4) is 11.4 Å². The second-order valence-corrected chi connectivity index (χ2v) is 6.93. The van der Waals surface area contributed by atoms with Gasteiger partial charge in [0.25, 0.3) is 5.91 Å². The molecule has 6 nitrogen and oxygen atoms in total. The van der Waals surface area contributed by atoms with Crippen LogP contribution in [0.1, 0.15) is 17.3 Å². The maximum atomic E-state index is 12.8. The molecule has 0 aliphatic carbocycles. The highest BCUT2D eigenvalue weighted by Gasteiger charge is 2.27. The van der Waals surface area contributed by atoms with E-state index in [2.05, 4.69) is 23.0 Å². The second kappa shape index (κ2) is 7.76. The van der Waals surface area contributed by atoms with Gasteiger partial charge in [0, 0.05) is 31.5 Å². The Morgan fingerprint density at radius 2 is 1.96 bits per heavy atom. The first-order valence-corrected chi connectivity index (χ1v) is 9.52. The van der Waals surface area contributed by atoms with Gasteiger partial charge in [-0.1, -0.05) is 12.1 Å². The van der Waals surface area contributed by atoms with Gasteiger partial charge in [0.2, 0.25) is 0 Å². The molecule has 2 aromatic carbocycles. The molecule has 1 aromatic heterocycles. The van der Waals surface area contributed by atoms with Crippen molar-refractivity contribution in [2.75, 3.05) is 31.6 Å². The molecular formula is C22H24N4O2. The van der Waals surface area contributed by atoms with Gasteiger partial charge in [-0.2, -0.15) is 5.10 Å². The van der Waals surface area contributed by atoms with Crippen molar-refractivity contribution in [2.45, 2.75) is 13.0 Å². The first kappa shape index (κ1) is 18.1. The maximum absolute atomic E-state index is 12.8. The fraction of sp³-hybridized carbons (Fsp3) is 0.273. The van der Waals surface area contributed by atoms with Gasteiger partial charge < -0.3 is 14.5 Å². The van der Waals surface area contributed by atoms with Crippen LogP contribution >= 0.6 is 0 Å². The van der Waals surface area contributed by atoms with Crippen LogP contribution in [-0.4, -0.2) is 53.4 Å². The van der Waals surface area contributed by atoms with Gasteiger partial charge in [-0.3, -0.25) is 4.79 Å². The summed E-state index contributed by atoms with van der Waals surface area (Å²) in [5.74, 6) is 0.863. The third kappa shape index (κ3) is 3.58. The largest absolute Gasteiger partial charge is 0.485 e. The van der Waals surface area contributed by atoms with Crippen molar-refractivity contribution >= 4 is 11.6 Å². The molecule has 1 amide bonds. The molecule has 2 heterocycles. The van der Waals surface area contributed by atoms with Crippen LogP contribution < -0.4 is 9.64 Å². The summed E-state index contributed by atoms with van der Waals surface area (Å²) in [7, 11) is 1.82. The van der Waals surface area contributed by atoms with E-state index in [0.29, 0.717) is 12.1 Å². The number of rotatable bonds is 5. The van der Waals surface area contributed by atoms with Crippen molar-refractivity contribution in [3.63, 3.8) is 0 Å². The highest BCUT2D eigenvalue weighted by Crippen LogP contribution is 2.32. The lowest BCUT2D eigenvalue weighted by molar-refractivity contribution is 0.0709. The van der Waals surface area contributed by atoms with E-state index in [1.165, 1.54) is 0 Å². The summed E-state index contributed by atoms with van der Waals surface area (Å²) in [6.07, 6.45) is 3.54. The Hall–Kier alpha value is -3.28. The summed E-state index contributed by atoms with van der Waals surface area (Å²) in [6.45, 7) is 4.34. The summed E-state index contributed by atoms with van der Waals surface area (Å²) < 4.78 is 7.91. The number of aromatic nitrogens is 2. The zero-order valence-electron chi connectivity index (χ0n) is 16.2. The van der Waals surface area contributed by atoms with E-state index >= 15 is 0 Å². The highest BCUT2D eigenvalue weighted by molar-refractivity contribution is 5.94. The van der Waals surface area contributed by atoms with E-state index in [1.54, 1.807) is 15.8 Å². The van der Waals surface area contributed by atoms with Crippen molar-refractivity contribution < 1.29 is 9.53 Å². The first-order valence-electron chi connectivity index (χ1n) is 9.52. The Morgan fingerprint density at radius 3 is 2.68 bits per heavy atom. The second-order valence-electron chi connectivity index (χ2n) is 6.93. The Kier molecular flexibility index (Phi) is 5.02. The van der Waals surface area contributed by atoms with E-state index < -0.39 is 0 Å². The lowest BCUT2D eigenvalue weighted by Gasteiger charge is -2.37. The minimum atomic E-state index is -0.0628. The summed E-state index contributed by atoms with van der Waals surface area (Å²) in [5.41, 5.74) is 2.70. The zero-order chi connectivity index (χ0) is 19.5. The van der Waals surface area contributed by atoms with Crippen molar-refractivity contribution in [1.82, 2.24) is 14.7 Å². The quantitative estimate of drug-likeness (QED) is 0.686. The molecule has 1 atom stereocenters. The Balaban J connectivity index is 1.43. The van der Waals surface area contributed by atoms with Crippen LogP contribution in [0.3, 0.4) is 0 Å². The van der Waals surface area contributed by atoms with Gasteiger partial charge in [0.15, 0.2) is 0 Å². The number of nitrogens with zero attached hydrogens (tertiary/aromatic N) is 4. The third-order valence-corrected chi connectivity index (χ3v) is 5.01. The molecule has 4 rings (SSSR count). The molecular weight excluding hydrogens is 352 g/mol. The standard InChI is InChI=1S/C22H24N4O2/c1-3-25-16-19(28-21-8-5-4-7-20(21)25)15-24(2)22(27)17-9-11-18(12-10-17)26-14-6-13-23-26/h4-14,19H,3,15-16H2,1-2H3/t19-/m1/s1. The number of likely N-dealkylation sites (N-methyl/N-ethyl adjacent to an activating group) is 2. The number of hydrogen-bond donors (Lipinski definition) is 0. The van der Waals surface area contributed by atoms with Gasteiger partial charge in [-0.05, 0) is 49.4 Å². The van der Waals surface area contributed by atoms with E-state index in [1.807, 2.05) is 61.8 Å². The van der Waals surface area contributed by atoms with Gasteiger partial charge in [0.1, 0.15) is 11.9 Å². The van der Waals surface area contributed by atoms with Gasteiger partial charge in [0.05, 0.1) is 24.5 Å². The molecule has 0 radical (unpaired) electrons. The molecule has 0 saturated carbocycles. The number of hydrogen-bond acceptors (Lipinski definition) is 4. The first-order chi connectivity index (χ1) is 13.7. The lowest BCUT2D eigenvalue weighted by atomic mass is 10.1. The number of benzene rings is 2. The van der Waals surface area contributed by atoms with Crippen LogP contribution in [-0.2, 0) is 0 Å². The van der Waals surface area contributed by atoms with Crippen LogP contribution in [0.4, 0.5) is 5.69 Å². The minimum absolute atomic E-state index is 0.0162. The van der Waals surface area contributed by atoms with Crippen molar-refractivity contribution in [2.24, 2.45) is 0 Å². The van der Waals surface area contributed by atoms with Crippen LogP contribution in [0.2, 0.25) is 0 Å². The molecule has 0 spiro atoms. The van der Waals surface area contributed by atoms with Gasteiger partial charge >= 0.3 is 0 Å². The third-order valence-electron chi connectivity index (χ3n) is 5.01. The smallest absolute Gasteiger partial charge is 0.253 e. The molecule has 6 heteroatoms. The number of amides is 1. The Labute approximate surface area is 164 Å². The summed E-state index contributed by atoms with van der Waals surface area (Å²) in [4.78, 5) is 16.9. The van der Waals surface area contributed by atoms with Crippen LogP contribution in [0, 0.1) is 0 Å². The normalized spacial score (nSPS) is 15.6. The average molecular weight is 376 g/mol. The summed E-state index contributed by atoms with van der Waals surface area (Å²) >= 11 is 0. The van der Waals surface area contributed by atoms with Gasteiger partial charge in [-0.25, -0.2) is 4.68 Å². The Bertz CT molecular complexity index is 937. The predicted molar refractivity (Wildman–Crippen MR) is 109 cm³/mol. The number of para-hydroxylation sites is 2. The average Bonchev–Trinajstić information content (AvgIpc) is 3.27. The molecule has 0 N–H and O–H groups in total. The van der Waals surface area contributed by atoms with E-state index in [-0.39, 0.29) is 12.0 Å². The molecule has 0 saturated heterocycles. The summed E-state index contributed by atoms with van der Waals surface area (Å²) in [5, 5.41) is 4.21. The maximum Gasteiger partial charge on any atom is 0.253 e. The van der Waals surface area contributed by atoms with E-state index in [4.69, 9.17) is 4.74 Å². The molecule has 1 aliphatic rings. The number of ether oxygens (including phenoxy) is 1. The molecule has 0 fully saturated rings. The fourth-order valence-corrected chi connectivity index (χ4v) is 3.56. The Morgan fingerprint density at radius 1 is 1.18 bits per heavy atom. The van der Waals surface area contributed by atoms with E-state index in [9.17, 15) is 4.79 Å². The van der Waals surface area contributed by atoms with Crippen LogP contribution in [0.5, 0.6) is 5.75 Å². The zero-order valence-corrected chi connectivity index (χ0v) is 16.2. The fourth-order valence-electron chi connectivity index (χ4n) is 3.56. The SMILES string of the molecule is CCN1C[C@@H](CN(C)C(=O)c2ccc(-n3cccn3)cc2)Oc2ccccc21. The topological polar surface area (TPSA) is 50.6 Å². The van der Waals surface area contributed by atoms with Gasteiger partial charge in [-0.15, -0.1) is 0 Å². The minimum Gasteiger partial charge on any atom is -0.485 e. The monoisotopic (exact) mass is 376 g/mol. The van der Waals surface area contributed by atoms with E-state index in [0.717, 1.165) is 30.2 Å². The molecule has 1 aliphatic heterocycles. The predicted octanol–water partition coefficient (Wildman–Crippen LogP) is 3.23. The van der Waals surface area contributed by atoms with Crippen molar-refractivity contribution in [3.05, 3.63) is 72.6 Å². The molecule has 144 valence electrons. The number of carbonyl (C=O) groups is 1. The number of fused-ring (bicyclic) bond motifs is 1. The molecule has 0 bridgehead atoms. The van der Waals surface area contributed by atoms with Crippen molar-refractivity contribution in [1.29, 1.82) is 0 Å². The highest BCUT2D eigenvalue weighted by atomic mass is 16.5. The van der Waals surface area contributed by atoms with Crippen LogP contribution in [0.25, 0.3) is 5.69 Å². The lowest BCUT2D eigenvalue weighted by Crippen LogP contribution is -2.46. The molecule has 0 unspecified atom stereocenters. The molecule has 3 aromatic rings. The molecule has 28 heavy (non-hydrogen) atoms. The number of carbonyl (C=O) groups excluding carboxylic acids is 1. The number of anilines is 1.